The number of likely N-dealkylation sites (tertiary alicyclic amines) is 1. The second-order valence-corrected chi connectivity index (χ2v) is 6.46. The Morgan fingerprint density at radius 2 is 2.00 bits per heavy atom. The molecule has 1 fully saturated rings. The van der Waals surface area contributed by atoms with Gasteiger partial charge in [0.1, 0.15) is 5.75 Å². The maximum absolute atomic E-state index is 6.64. The lowest BCUT2D eigenvalue weighted by atomic mass is 9.99. The van der Waals surface area contributed by atoms with Crippen molar-refractivity contribution in [3.05, 3.63) is 29.8 Å². The van der Waals surface area contributed by atoms with Crippen LogP contribution >= 0.6 is 11.6 Å². The van der Waals surface area contributed by atoms with E-state index in [4.69, 9.17) is 16.3 Å². The maximum atomic E-state index is 6.64. The van der Waals surface area contributed by atoms with Gasteiger partial charge in [0.05, 0.1) is 12.0 Å². The van der Waals surface area contributed by atoms with E-state index in [1.807, 2.05) is 12.1 Å². The standard InChI is InChI=1S/C18H28ClNO/c1-3-13-21-17-10-8-15(9-11-17)18(19)14-20-12-6-5-7-16(20)4-2/h8-11,16,18H,3-7,12-14H2,1-2H3. The third-order valence-corrected chi connectivity index (χ3v) is 4.72. The average Bonchev–Trinajstić information content (AvgIpc) is 2.54. The molecule has 1 aromatic carbocycles. The normalized spacial score (nSPS) is 21.2. The molecule has 0 N–H and O–H groups in total. The number of alkyl halides is 1. The first-order valence-corrected chi connectivity index (χ1v) is 8.79. The van der Waals surface area contributed by atoms with Crippen LogP contribution < -0.4 is 4.74 Å². The van der Waals surface area contributed by atoms with Crippen LogP contribution in [0, 0.1) is 0 Å². The van der Waals surface area contributed by atoms with E-state index in [2.05, 4.69) is 30.9 Å². The van der Waals surface area contributed by atoms with Gasteiger partial charge < -0.3 is 4.74 Å². The van der Waals surface area contributed by atoms with E-state index < -0.39 is 0 Å². The maximum Gasteiger partial charge on any atom is 0.119 e. The Bertz CT molecular complexity index is 406. The predicted octanol–water partition coefficient (Wildman–Crippen LogP) is 5.02. The second-order valence-electron chi connectivity index (χ2n) is 5.94. The van der Waals surface area contributed by atoms with Crippen molar-refractivity contribution in [3.63, 3.8) is 0 Å². The molecule has 1 aliphatic rings. The molecule has 2 nitrogen and oxygen atoms in total. The van der Waals surface area contributed by atoms with Crippen molar-refractivity contribution in [1.82, 2.24) is 4.90 Å². The summed E-state index contributed by atoms with van der Waals surface area (Å²) in [6.07, 6.45) is 6.26. The van der Waals surface area contributed by atoms with Crippen LogP contribution in [0.4, 0.5) is 0 Å². The summed E-state index contributed by atoms with van der Waals surface area (Å²) in [7, 11) is 0. The van der Waals surface area contributed by atoms with Crippen LogP contribution in [-0.2, 0) is 0 Å². The number of ether oxygens (including phenoxy) is 1. The summed E-state index contributed by atoms with van der Waals surface area (Å²) < 4.78 is 5.62. The first-order valence-electron chi connectivity index (χ1n) is 8.35. The van der Waals surface area contributed by atoms with E-state index in [9.17, 15) is 0 Å². The monoisotopic (exact) mass is 309 g/mol. The predicted molar refractivity (Wildman–Crippen MR) is 90.3 cm³/mol. The Kier molecular flexibility index (Phi) is 6.85. The molecule has 0 aromatic heterocycles. The molecule has 1 heterocycles. The average molecular weight is 310 g/mol. The van der Waals surface area contributed by atoms with Crippen molar-refractivity contribution in [1.29, 1.82) is 0 Å². The molecular formula is C18H28ClNO. The van der Waals surface area contributed by atoms with E-state index in [-0.39, 0.29) is 5.38 Å². The molecule has 21 heavy (non-hydrogen) atoms. The minimum absolute atomic E-state index is 0.0670. The topological polar surface area (TPSA) is 12.5 Å². The fourth-order valence-corrected chi connectivity index (χ4v) is 3.39. The van der Waals surface area contributed by atoms with Crippen LogP contribution in [0.25, 0.3) is 0 Å². The summed E-state index contributed by atoms with van der Waals surface area (Å²) in [6.45, 7) is 7.32. The molecule has 2 unspecified atom stereocenters. The van der Waals surface area contributed by atoms with Gasteiger partial charge in [0.15, 0.2) is 0 Å². The second kappa shape index (κ2) is 8.65. The van der Waals surface area contributed by atoms with Crippen molar-refractivity contribution in [2.45, 2.75) is 57.4 Å². The highest BCUT2D eigenvalue weighted by atomic mass is 35.5. The quantitative estimate of drug-likeness (QED) is 0.656. The highest BCUT2D eigenvalue weighted by Crippen LogP contribution is 2.28. The van der Waals surface area contributed by atoms with Gasteiger partial charge in [-0.25, -0.2) is 0 Å². The molecule has 0 radical (unpaired) electrons. The molecule has 118 valence electrons. The number of nitrogens with zero attached hydrogens (tertiary/aromatic N) is 1. The first kappa shape index (κ1) is 16.6. The first-order chi connectivity index (χ1) is 10.2. The number of benzene rings is 1. The van der Waals surface area contributed by atoms with Crippen LogP contribution in [0.1, 0.15) is 56.9 Å². The minimum Gasteiger partial charge on any atom is -0.494 e. The number of hydrogen-bond donors (Lipinski definition) is 0. The Balaban J connectivity index is 1.91. The molecule has 2 rings (SSSR count). The van der Waals surface area contributed by atoms with Gasteiger partial charge in [-0.3, -0.25) is 4.90 Å². The van der Waals surface area contributed by atoms with Gasteiger partial charge in [0, 0.05) is 12.6 Å². The number of piperidine rings is 1. The largest absolute Gasteiger partial charge is 0.494 e. The lowest BCUT2D eigenvalue weighted by Crippen LogP contribution is -2.40. The van der Waals surface area contributed by atoms with Gasteiger partial charge in [-0.2, -0.15) is 0 Å². The molecule has 1 saturated heterocycles. The minimum atomic E-state index is 0.0670. The summed E-state index contributed by atoms with van der Waals surface area (Å²) in [5.41, 5.74) is 1.20. The Morgan fingerprint density at radius 3 is 2.67 bits per heavy atom. The van der Waals surface area contributed by atoms with Gasteiger partial charge in [0.2, 0.25) is 0 Å². The van der Waals surface area contributed by atoms with Crippen molar-refractivity contribution in [2.75, 3.05) is 19.7 Å². The van der Waals surface area contributed by atoms with Gasteiger partial charge in [-0.15, -0.1) is 11.6 Å². The third-order valence-electron chi connectivity index (χ3n) is 4.33. The van der Waals surface area contributed by atoms with Gasteiger partial charge in [0.25, 0.3) is 0 Å². The zero-order valence-electron chi connectivity index (χ0n) is 13.4. The van der Waals surface area contributed by atoms with Crippen LogP contribution in [0.3, 0.4) is 0 Å². The SMILES string of the molecule is CCCOc1ccc(C(Cl)CN2CCCCC2CC)cc1. The summed E-state index contributed by atoms with van der Waals surface area (Å²) in [5, 5.41) is 0.0670. The number of hydrogen-bond acceptors (Lipinski definition) is 2. The molecule has 0 bridgehead atoms. The van der Waals surface area contributed by atoms with E-state index in [1.165, 1.54) is 37.8 Å². The Morgan fingerprint density at radius 1 is 1.24 bits per heavy atom. The van der Waals surface area contributed by atoms with E-state index in [0.29, 0.717) is 6.04 Å². The van der Waals surface area contributed by atoms with Crippen LogP contribution in [0.2, 0.25) is 0 Å². The van der Waals surface area contributed by atoms with Gasteiger partial charge in [-0.05, 0) is 49.9 Å². The zero-order chi connectivity index (χ0) is 15.1. The fourth-order valence-electron chi connectivity index (χ4n) is 3.07. The van der Waals surface area contributed by atoms with Gasteiger partial charge >= 0.3 is 0 Å². The van der Waals surface area contributed by atoms with Gasteiger partial charge in [-0.1, -0.05) is 32.4 Å². The number of halogens is 1. The molecule has 0 amide bonds. The smallest absolute Gasteiger partial charge is 0.119 e. The molecule has 0 saturated carbocycles. The molecule has 1 aliphatic heterocycles. The fraction of sp³-hybridized carbons (Fsp3) is 0.667. The lowest BCUT2D eigenvalue weighted by molar-refractivity contribution is 0.144. The molecule has 2 atom stereocenters. The summed E-state index contributed by atoms with van der Waals surface area (Å²) in [5.74, 6) is 0.939. The zero-order valence-corrected chi connectivity index (χ0v) is 14.1. The molecule has 0 spiro atoms. The molecule has 1 aromatic rings. The van der Waals surface area contributed by atoms with Crippen molar-refractivity contribution in [3.8, 4) is 5.75 Å². The third kappa shape index (κ3) is 4.89. The van der Waals surface area contributed by atoms with Crippen LogP contribution in [-0.4, -0.2) is 30.6 Å². The Labute approximate surface area is 134 Å². The highest BCUT2D eigenvalue weighted by Gasteiger charge is 2.23. The summed E-state index contributed by atoms with van der Waals surface area (Å²) in [4.78, 5) is 2.57. The summed E-state index contributed by atoms with van der Waals surface area (Å²) in [6, 6.07) is 9.00. The lowest BCUT2D eigenvalue weighted by Gasteiger charge is -2.36. The molecular weight excluding hydrogens is 282 g/mol. The van der Waals surface area contributed by atoms with Crippen molar-refractivity contribution >= 4 is 11.6 Å². The molecule has 3 heteroatoms. The summed E-state index contributed by atoms with van der Waals surface area (Å²) >= 11 is 6.64. The molecule has 0 aliphatic carbocycles. The van der Waals surface area contributed by atoms with E-state index in [1.54, 1.807) is 0 Å². The van der Waals surface area contributed by atoms with E-state index >= 15 is 0 Å². The van der Waals surface area contributed by atoms with Crippen molar-refractivity contribution < 1.29 is 4.74 Å². The van der Waals surface area contributed by atoms with E-state index in [0.717, 1.165) is 25.3 Å². The van der Waals surface area contributed by atoms with Crippen molar-refractivity contribution in [2.24, 2.45) is 0 Å². The highest BCUT2D eigenvalue weighted by molar-refractivity contribution is 6.21. The van der Waals surface area contributed by atoms with Crippen LogP contribution in [0.15, 0.2) is 24.3 Å². The number of rotatable bonds is 7. The Hall–Kier alpha value is -0.730. The van der Waals surface area contributed by atoms with Crippen LogP contribution in [0.5, 0.6) is 5.75 Å².